The molecule has 1 amide bonds. The van der Waals surface area contributed by atoms with Crippen molar-refractivity contribution in [3.63, 3.8) is 0 Å². The molecule has 0 N–H and O–H groups in total. The summed E-state index contributed by atoms with van der Waals surface area (Å²) in [5.41, 5.74) is 0.629. The SMILES string of the molecule is CCN(CCCN(C)C)C(=O)c1cccnc1Br. The number of nitrogens with zero attached hydrogens (tertiary/aromatic N) is 3. The van der Waals surface area contributed by atoms with Crippen molar-refractivity contribution in [2.24, 2.45) is 0 Å². The lowest BCUT2D eigenvalue weighted by Gasteiger charge is -2.22. The molecule has 0 aliphatic carbocycles. The molecule has 0 radical (unpaired) electrons. The third kappa shape index (κ3) is 4.38. The first-order valence-corrected chi connectivity index (χ1v) is 6.90. The predicted molar refractivity (Wildman–Crippen MR) is 76.7 cm³/mol. The standard InChI is InChI=1S/C13H20BrN3O/c1-4-17(10-6-9-16(2)3)13(18)11-7-5-8-15-12(11)14/h5,7-8H,4,6,9-10H2,1-3H3. The second-order valence-electron chi connectivity index (χ2n) is 4.38. The summed E-state index contributed by atoms with van der Waals surface area (Å²) in [7, 11) is 4.08. The van der Waals surface area contributed by atoms with Gasteiger partial charge < -0.3 is 9.80 Å². The van der Waals surface area contributed by atoms with Crippen LogP contribution in [0.2, 0.25) is 0 Å². The molecule has 0 aliphatic rings. The molecule has 0 fully saturated rings. The number of carbonyl (C=O) groups excluding carboxylic acids is 1. The molecule has 18 heavy (non-hydrogen) atoms. The highest BCUT2D eigenvalue weighted by molar-refractivity contribution is 9.10. The van der Waals surface area contributed by atoms with Crippen molar-refractivity contribution in [2.75, 3.05) is 33.7 Å². The topological polar surface area (TPSA) is 36.4 Å². The fourth-order valence-corrected chi connectivity index (χ4v) is 2.12. The van der Waals surface area contributed by atoms with Gasteiger partial charge in [-0.25, -0.2) is 4.98 Å². The Hall–Kier alpha value is -0.940. The predicted octanol–water partition coefficient (Wildman–Crippen LogP) is 2.26. The molecule has 0 atom stereocenters. The smallest absolute Gasteiger partial charge is 0.256 e. The average Bonchev–Trinajstić information content (AvgIpc) is 2.34. The maximum Gasteiger partial charge on any atom is 0.256 e. The van der Waals surface area contributed by atoms with Gasteiger partial charge in [0.25, 0.3) is 5.91 Å². The summed E-state index contributed by atoms with van der Waals surface area (Å²) in [6.07, 6.45) is 2.65. The minimum Gasteiger partial charge on any atom is -0.339 e. The molecule has 100 valence electrons. The summed E-state index contributed by atoms with van der Waals surface area (Å²) in [5.74, 6) is 0.0382. The average molecular weight is 314 g/mol. The lowest BCUT2D eigenvalue weighted by Crippen LogP contribution is -2.33. The van der Waals surface area contributed by atoms with Crippen molar-refractivity contribution >= 4 is 21.8 Å². The van der Waals surface area contributed by atoms with E-state index in [0.29, 0.717) is 16.7 Å². The Morgan fingerprint density at radius 2 is 2.11 bits per heavy atom. The first-order valence-electron chi connectivity index (χ1n) is 6.10. The van der Waals surface area contributed by atoms with Crippen molar-refractivity contribution in [3.05, 3.63) is 28.5 Å². The Morgan fingerprint density at radius 1 is 1.39 bits per heavy atom. The molecule has 1 rings (SSSR count). The number of hydrogen-bond acceptors (Lipinski definition) is 3. The van der Waals surface area contributed by atoms with Gasteiger partial charge >= 0.3 is 0 Å². The van der Waals surface area contributed by atoms with Crippen molar-refractivity contribution in [3.8, 4) is 0 Å². The van der Waals surface area contributed by atoms with Gasteiger partial charge in [-0.15, -0.1) is 0 Å². The largest absolute Gasteiger partial charge is 0.339 e. The number of halogens is 1. The van der Waals surface area contributed by atoms with E-state index in [9.17, 15) is 4.79 Å². The van der Waals surface area contributed by atoms with E-state index in [0.717, 1.165) is 19.5 Å². The lowest BCUT2D eigenvalue weighted by atomic mass is 10.2. The number of aromatic nitrogens is 1. The maximum atomic E-state index is 12.3. The van der Waals surface area contributed by atoms with Crippen LogP contribution in [0.1, 0.15) is 23.7 Å². The van der Waals surface area contributed by atoms with Gasteiger partial charge in [-0.05, 0) is 62.0 Å². The van der Waals surface area contributed by atoms with E-state index in [1.54, 1.807) is 18.3 Å². The van der Waals surface area contributed by atoms with Gasteiger partial charge in [0.05, 0.1) is 5.56 Å². The Kier molecular flexibility index (Phi) is 6.29. The van der Waals surface area contributed by atoms with Crippen LogP contribution in [0.5, 0.6) is 0 Å². The molecule has 1 heterocycles. The lowest BCUT2D eigenvalue weighted by molar-refractivity contribution is 0.0758. The number of hydrogen-bond donors (Lipinski definition) is 0. The van der Waals surface area contributed by atoms with Gasteiger partial charge in [-0.2, -0.15) is 0 Å². The first kappa shape index (κ1) is 15.1. The fraction of sp³-hybridized carbons (Fsp3) is 0.538. The van der Waals surface area contributed by atoms with E-state index in [-0.39, 0.29) is 5.91 Å². The van der Waals surface area contributed by atoms with Crippen molar-refractivity contribution < 1.29 is 4.79 Å². The normalized spacial score (nSPS) is 10.7. The fourth-order valence-electron chi connectivity index (χ4n) is 1.70. The zero-order valence-corrected chi connectivity index (χ0v) is 12.8. The van der Waals surface area contributed by atoms with Gasteiger partial charge in [0, 0.05) is 19.3 Å². The van der Waals surface area contributed by atoms with Crippen LogP contribution in [0, 0.1) is 0 Å². The number of pyridine rings is 1. The number of rotatable bonds is 6. The van der Waals surface area contributed by atoms with Gasteiger partial charge in [-0.1, -0.05) is 0 Å². The van der Waals surface area contributed by atoms with Gasteiger partial charge in [-0.3, -0.25) is 4.79 Å². The molecule has 4 nitrogen and oxygen atoms in total. The Balaban J connectivity index is 2.65. The second kappa shape index (κ2) is 7.48. The summed E-state index contributed by atoms with van der Waals surface area (Å²) in [6, 6.07) is 3.58. The molecule has 0 bridgehead atoms. The number of carbonyl (C=O) groups is 1. The van der Waals surface area contributed by atoms with Crippen molar-refractivity contribution in [1.29, 1.82) is 0 Å². The summed E-state index contributed by atoms with van der Waals surface area (Å²) >= 11 is 3.32. The summed E-state index contributed by atoms with van der Waals surface area (Å²) in [6.45, 7) is 4.47. The van der Waals surface area contributed by atoms with Crippen LogP contribution in [0.4, 0.5) is 0 Å². The van der Waals surface area contributed by atoms with E-state index in [2.05, 4.69) is 25.8 Å². The first-order chi connectivity index (χ1) is 8.56. The van der Waals surface area contributed by atoms with Crippen LogP contribution in [0.15, 0.2) is 22.9 Å². The molecule has 0 saturated heterocycles. The van der Waals surface area contributed by atoms with E-state index < -0.39 is 0 Å². The molecular weight excluding hydrogens is 294 g/mol. The minimum atomic E-state index is 0.0382. The van der Waals surface area contributed by atoms with Gasteiger partial charge in [0.2, 0.25) is 0 Å². The van der Waals surface area contributed by atoms with Gasteiger partial charge in [0.15, 0.2) is 0 Å². The van der Waals surface area contributed by atoms with Gasteiger partial charge in [0.1, 0.15) is 4.60 Å². The summed E-state index contributed by atoms with van der Waals surface area (Å²) < 4.78 is 0.612. The van der Waals surface area contributed by atoms with Crippen LogP contribution < -0.4 is 0 Å². The van der Waals surface area contributed by atoms with Crippen LogP contribution in [0.25, 0.3) is 0 Å². The molecule has 0 aromatic carbocycles. The summed E-state index contributed by atoms with van der Waals surface area (Å²) in [4.78, 5) is 20.4. The highest BCUT2D eigenvalue weighted by atomic mass is 79.9. The molecular formula is C13H20BrN3O. The maximum absolute atomic E-state index is 12.3. The molecule has 0 aliphatic heterocycles. The van der Waals surface area contributed by atoms with Crippen molar-refractivity contribution in [1.82, 2.24) is 14.8 Å². The Morgan fingerprint density at radius 3 is 2.67 bits per heavy atom. The highest BCUT2D eigenvalue weighted by Gasteiger charge is 2.16. The van der Waals surface area contributed by atoms with E-state index in [4.69, 9.17) is 0 Å². The quantitative estimate of drug-likeness (QED) is 0.756. The second-order valence-corrected chi connectivity index (χ2v) is 5.13. The van der Waals surface area contributed by atoms with Crippen molar-refractivity contribution in [2.45, 2.75) is 13.3 Å². The van der Waals surface area contributed by atoms with E-state index in [1.165, 1.54) is 0 Å². The number of amides is 1. The molecule has 1 aromatic heterocycles. The van der Waals surface area contributed by atoms with Crippen LogP contribution >= 0.6 is 15.9 Å². The third-order valence-corrected chi connectivity index (χ3v) is 3.32. The van der Waals surface area contributed by atoms with E-state index in [1.807, 2.05) is 25.9 Å². The van der Waals surface area contributed by atoms with Crippen LogP contribution in [-0.4, -0.2) is 54.4 Å². The molecule has 5 heteroatoms. The monoisotopic (exact) mass is 313 g/mol. The summed E-state index contributed by atoms with van der Waals surface area (Å²) in [5, 5.41) is 0. The van der Waals surface area contributed by atoms with Crippen LogP contribution in [-0.2, 0) is 0 Å². The zero-order chi connectivity index (χ0) is 13.5. The molecule has 1 aromatic rings. The molecule has 0 unspecified atom stereocenters. The Bertz CT molecular complexity index is 396. The van der Waals surface area contributed by atoms with Crippen LogP contribution in [0.3, 0.4) is 0 Å². The molecule has 0 spiro atoms. The zero-order valence-electron chi connectivity index (χ0n) is 11.2. The molecule has 0 saturated carbocycles. The van der Waals surface area contributed by atoms with E-state index >= 15 is 0 Å². The third-order valence-electron chi connectivity index (χ3n) is 2.69. The Labute approximate surface area is 117 Å². The highest BCUT2D eigenvalue weighted by Crippen LogP contribution is 2.15. The minimum absolute atomic E-state index is 0.0382.